The number of para-hydroxylation sites is 1. The average molecular weight is 180 g/mol. The molecule has 0 saturated heterocycles. The second kappa shape index (κ2) is 2.48. The van der Waals surface area contributed by atoms with Gasteiger partial charge in [0.05, 0.1) is 10.9 Å². The van der Waals surface area contributed by atoms with Crippen LogP contribution in [0.3, 0.4) is 0 Å². The first-order chi connectivity index (χ1) is 7.16. The second-order valence-electron chi connectivity index (χ2n) is 2.51. The maximum absolute atomic E-state index is 11.6. The maximum atomic E-state index is 11.6. The minimum Gasteiger partial charge on any atom is -0.421 e. The van der Waals surface area contributed by atoms with Gasteiger partial charge in [-0.25, -0.2) is 4.79 Å². The topological polar surface area (TPSA) is 75.1 Å². The molecule has 2 aromatic rings. The molecule has 2 rings (SSSR count). The van der Waals surface area contributed by atoms with Gasteiger partial charge < -0.3 is 10.2 Å². The first-order valence-corrected chi connectivity index (χ1v) is 3.56. The minimum absolute atomic E-state index is 0.152. The van der Waals surface area contributed by atoms with Gasteiger partial charge >= 0.3 is 7.12 Å². The molecule has 5 nitrogen and oxygen atoms in total. The summed E-state index contributed by atoms with van der Waals surface area (Å²) in [4.78, 5) is 23.4. The molecule has 0 aliphatic carbocycles. The fraction of sp³-hybridized carbons (Fsp3) is 0. The van der Waals surface area contributed by atoms with Gasteiger partial charge in [0, 0.05) is 0 Å². The molecule has 0 saturated carbocycles. The van der Waals surface area contributed by atoms with Gasteiger partial charge in [0.1, 0.15) is 0 Å². The van der Waals surface area contributed by atoms with E-state index >= 15 is 0 Å². The molecule has 0 atom stereocenters. The quantitative estimate of drug-likeness (QED) is 0.603. The predicted octanol–water partition coefficient (Wildman–Crippen LogP) is -0.0729. The monoisotopic (exact) mass is 180 g/mol. The molecule has 0 fully saturated rings. The van der Waals surface area contributed by atoms with Crippen LogP contribution in [-0.4, -0.2) is 14.9 Å². The molecule has 0 unspecified atom stereocenters. The van der Waals surface area contributed by atoms with Crippen molar-refractivity contribution >= 4 is 10.9 Å². The number of hydrogen-bond donors (Lipinski definition) is 2. The number of aromatic amines is 1. The number of nitrogens with zero attached hydrogens (tertiary/aromatic N) is 1. The molecule has 66 valence electrons. The fourth-order valence-electron chi connectivity index (χ4n) is 1.10. The molecule has 0 radical (unpaired) electrons. The van der Waals surface area contributed by atoms with Gasteiger partial charge in [0.15, 0.2) is 1.41 Å². The van der Waals surface area contributed by atoms with Crippen molar-refractivity contribution in [1.29, 1.82) is 0 Å². The number of fused-ring (bicyclic) bond motifs is 1. The van der Waals surface area contributed by atoms with Crippen molar-refractivity contribution in [3.8, 4) is 0 Å². The summed E-state index contributed by atoms with van der Waals surface area (Å²) in [6.45, 7) is 0. The van der Waals surface area contributed by atoms with Crippen molar-refractivity contribution in [2.24, 2.45) is 0 Å². The molecule has 0 amide bonds. The van der Waals surface area contributed by atoms with Crippen molar-refractivity contribution in [3.63, 3.8) is 0 Å². The standard InChI is InChI=1S/C8H6N2O3/c11-7-5-3-1-2-4-6(5)9-8(12)10(7)13/h1-4,13H,(H,9,12)/i13D/hD. The van der Waals surface area contributed by atoms with Gasteiger partial charge in [-0.1, -0.05) is 16.9 Å². The molecule has 1 heterocycles. The molecule has 0 aliphatic heterocycles. The van der Waals surface area contributed by atoms with E-state index < -0.39 is 11.2 Å². The Bertz CT molecular complexity index is 632. The van der Waals surface area contributed by atoms with E-state index in [2.05, 4.69) is 5.21 Å². The normalized spacial score (nSPS) is 12.3. The van der Waals surface area contributed by atoms with Gasteiger partial charge in [-0.15, -0.1) is 0 Å². The highest BCUT2D eigenvalue weighted by Crippen LogP contribution is 2.01. The van der Waals surface area contributed by atoms with Crippen LogP contribution in [0.5, 0.6) is 0 Å². The van der Waals surface area contributed by atoms with Crippen LogP contribution < -0.4 is 11.2 Å². The van der Waals surface area contributed by atoms with Gasteiger partial charge in [-0.3, -0.25) is 4.79 Å². The highest BCUT2D eigenvalue weighted by atomic mass is 16.5. The van der Waals surface area contributed by atoms with Crippen LogP contribution in [0.15, 0.2) is 33.9 Å². The predicted molar refractivity (Wildman–Crippen MR) is 46.0 cm³/mol. The number of benzene rings is 1. The number of rotatable bonds is 1. The molecule has 5 heteroatoms. The smallest absolute Gasteiger partial charge is 0.362 e. The summed E-state index contributed by atoms with van der Waals surface area (Å²) < 4.78 is 14.2. The van der Waals surface area contributed by atoms with E-state index in [0.29, 0.717) is 4.98 Å². The van der Waals surface area contributed by atoms with Crippen LogP contribution >= 0.6 is 0 Å². The van der Waals surface area contributed by atoms with Crippen molar-refractivity contribution in [3.05, 3.63) is 45.1 Å². The SMILES string of the molecule is [2H]On1c(=O)c2ccccc2n([2H])c1=O. The fourth-order valence-corrected chi connectivity index (χ4v) is 1.10. The Morgan fingerprint density at radius 3 is 3.00 bits per heavy atom. The number of nitrogens with one attached hydrogen (secondary N) is 1. The molecular formula is C8H6N2O3. The molecule has 0 aliphatic rings. The first-order valence-electron chi connectivity index (χ1n) is 4.42. The molecule has 0 bridgehead atoms. The zero-order chi connectivity index (χ0) is 11.0. The van der Waals surface area contributed by atoms with Crippen LogP contribution in [0.1, 0.15) is 0 Å². The molecular weight excluding hydrogens is 172 g/mol. The third-order valence-corrected chi connectivity index (χ3v) is 1.71. The number of hydrogen-bond acceptors (Lipinski definition) is 3. The van der Waals surface area contributed by atoms with Gasteiger partial charge in [0.2, 0.25) is 0 Å². The van der Waals surface area contributed by atoms with Crippen molar-refractivity contribution in [2.45, 2.75) is 0 Å². The zero-order valence-corrected chi connectivity index (χ0v) is 6.43. The van der Waals surface area contributed by atoms with E-state index in [-0.39, 0.29) is 15.6 Å². The summed E-state index contributed by atoms with van der Waals surface area (Å²) >= 11 is 0. The van der Waals surface area contributed by atoms with Gasteiger partial charge in [-0.05, 0) is 12.1 Å². The van der Waals surface area contributed by atoms with Crippen molar-refractivity contribution in [1.82, 2.24) is 9.71 Å². The van der Waals surface area contributed by atoms with Crippen molar-refractivity contribution < 1.29 is 8.05 Å². The first kappa shape index (κ1) is 5.58. The largest absolute Gasteiger partial charge is 0.421 e. The highest BCUT2D eigenvalue weighted by molar-refractivity contribution is 5.76. The third kappa shape index (κ3) is 1.01. The van der Waals surface area contributed by atoms with Crippen LogP contribution in [-0.2, 0) is 0 Å². The Hall–Kier alpha value is -2.04. The van der Waals surface area contributed by atoms with Crippen molar-refractivity contribution in [2.75, 3.05) is 0 Å². The summed E-state index contributed by atoms with van der Waals surface area (Å²) in [6.07, 6.45) is 0. The summed E-state index contributed by atoms with van der Waals surface area (Å²) in [5, 5.41) is 4.02. The summed E-state index contributed by atoms with van der Waals surface area (Å²) in [5.74, 6) is 0. The Kier molecular flexibility index (Phi) is 1.06. The number of aromatic nitrogens is 2. The summed E-state index contributed by atoms with van der Waals surface area (Å²) in [6, 6.07) is 6.14. The molecule has 13 heavy (non-hydrogen) atoms. The van der Waals surface area contributed by atoms with Gasteiger partial charge in [0.25, 0.3) is 5.56 Å². The lowest BCUT2D eigenvalue weighted by Crippen LogP contribution is -2.33. The Balaban J connectivity index is 3.10. The number of H-pyrrole nitrogens is 1. The van der Waals surface area contributed by atoms with Crippen LogP contribution in [0.25, 0.3) is 10.9 Å². The molecule has 2 N–H and O–H groups in total. The van der Waals surface area contributed by atoms with E-state index in [1.807, 2.05) is 0 Å². The van der Waals surface area contributed by atoms with E-state index in [1.54, 1.807) is 12.1 Å². The Morgan fingerprint density at radius 2 is 2.23 bits per heavy atom. The molecule has 1 aromatic heterocycles. The maximum Gasteiger partial charge on any atom is 0.362 e. The lowest BCUT2D eigenvalue weighted by molar-refractivity contribution is 0.162. The highest BCUT2D eigenvalue weighted by Gasteiger charge is 2.03. The summed E-state index contributed by atoms with van der Waals surface area (Å²) in [7, 11) is 0. The van der Waals surface area contributed by atoms with Crippen LogP contribution in [0.4, 0.5) is 0 Å². The molecule has 0 spiro atoms. The minimum atomic E-state index is -1.01. The van der Waals surface area contributed by atoms with E-state index in [9.17, 15) is 9.59 Å². The lowest BCUT2D eigenvalue weighted by Gasteiger charge is -1.97. The second-order valence-corrected chi connectivity index (χ2v) is 2.51. The Labute approximate surface area is 74.8 Å². The Morgan fingerprint density at radius 1 is 1.46 bits per heavy atom. The van der Waals surface area contributed by atoms with Gasteiger partial charge in [-0.2, -0.15) is 0 Å². The zero-order valence-electron chi connectivity index (χ0n) is 8.43. The van der Waals surface area contributed by atoms with E-state index in [4.69, 9.17) is 2.84 Å². The van der Waals surface area contributed by atoms with E-state index in [0.717, 1.165) is 0 Å². The lowest BCUT2D eigenvalue weighted by atomic mass is 10.2. The average Bonchev–Trinajstić information content (AvgIpc) is 2.27. The van der Waals surface area contributed by atoms with Crippen LogP contribution in [0.2, 0.25) is 2.84 Å². The summed E-state index contributed by atoms with van der Waals surface area (Å²) in [5.41, 5.74) is -1.57. The third-order valence-electron chi connectivity index (χ3n) is 1.71. The van der Waals surface area contributed by atoms with E-state index in [1.165, 1.54) is 12.1 Å². The van der Waals surface area contributed by atoms with Crippen LogP contribution in [0, 0.1) is 0 Å². The molecule has 1 aromatic carbocycles.